The molecule has 1 amide bonds. The fourth-order valence-electron chi connectivity index (χ4n) is 6.52. The molecule has 0 bridgehead atoms. The SMILES string of the molecule is COC(C)c1nc2c(c(C3CCN(C(=O)OCC4=CCCC=C4)CC3)c1C(=O)c1ccc(C(F)(F)F)cc1)C(=O)CC(C)(C)C2. The minimum absolute atomic E-state index is 0.0613. The number of hydrogen-bond acceptors (Lipinski definition) is 6. The highest BCUT2D eigenvalue weighted by atomic mass is 19.4. The van der Waals surface area contributed by atoms with Gasteiger partial charge in [-0.25, -0.2) is 4.79 Å². The Morgan fingerprint density at radius 2 is 1.78 bits per heavy atom. The number of fused-ring (bicyclic) bond motifs is 1. The summed E-state index contributed by atoms with van der Waals surface area (Å²) >= 11 is 0. The molecule has 2 heterocycles. The smallest absolute Gasteiger partial charge is 0.416 e. The molecule has 3 aliphatic rings. The summed E-state index contributed by atoms with van der Waals surface area (Å²) < 4.78 is 51.1. The first-order valence-electron chi connectivity index (χ1n) is 15.4. The van der Waals surface area contributed by atoms with Gasteiger partial charge in [0.2, 0.25) is 0 Å². The van der Waals surface area contributed by atoms with Gasteiger partial charge in [-0.1, -0.05) is 44.2 Å². The van der Waals surface area contributed by atoms with E-state index in [4.69, 9.17) is 14.5 Å². The van der Waals surface area contributed by atoms with E-state index < -0.39 is 29.7 Å². The summed E-state index contributed by atoms with van der Waals surface area (Å²) in [4.78, 5) is 47.5. The number of carbonyl (C=O) groups is 3. The van der Waals surface area contributed by atoms with Gasteiger partial charge in [-0.3, -0.25) is 14.6 Å². The topological polar surface area (TPSA) is 85.8 Å². The molecule has 1 fully saturated rings. The van der Waals surface area contributed by atoms with Gasteiger partial charge in [0, 0.05) is 37.7 Å². The number of amides is 1. The maximum atomic E-state index is 14.3. The lowest BCUT2D eigenvalue weighted by Crippen LogP contribution is -2.40. The quantitative estimate of drug-likeness (QED) is 0.293. The van der Waals surface area contributed by atoms with Crippen molar-refractivity contribution in [2.75, 3.05) is 26.8 Å². The number of allylic oxidation sites excluding steroid dienone is 2. The number of piperidine rings is 1. The number of likely N-dealkylation sites (tertiary alicyclic amines) is 1. The number of halogens is 3. The normalized spacial score (nSPS) is 19.1. The van der Waals surface area contributed by atoms with Crippen LogP contribution < -0.4 is 0 Å². The zero-order valence-electron chi connectivity index (χ0n) is 26.1. The van der Waals surface area contributed by atoms with Crippen LogP contribution in [0.15, 0.2) is 48.1 Å². The zero-order valence-corrected chi connectivity index (χ0v) is 26.1. The van der Waals surface area contributed by atoms with Crippen LogP contribution >= 0.6 is 0 Å². The van der Waals surface area contributed by atoms with E-state index in [2.05, 4.69) is 12.2 Å². The number of ketones is 2. The molecular formula is C35H39F3N2O5. The second-order valence-corrected chi connectivity index (χ2v) is 12.9. The predicted octanol–water partition coefficient (Wildman–Crippen LogP) is 7.79. The maximum absolute atomic E-state index is 14.3. The number of alkyl halides is 3. The van der Waals surface area contributed by atoms with Crippen molar-refractivity contribution in [1.82, 2.24) is 9.88 Å². The molecule has 45 heavy (non-hydrogen) atoms. The van der Waals surface area contributed by atoms with Gasteiger partial charge >= 0.3 is 12.3 Å². The second kappa shape index (κ2) is 12.9. The summed E-state index contributed by atoms with van der Waals surface area (Å²) in [6, 6.07) is 4.09. The van der Waals surface area contributed by atoms with E-state index in [0.717, 1.165) is 42.7 Å². The van der Waals surface area contributed by atoms with Gasteiger partial charge in [-0.15, -0.1) is 0 Å². The van der Waals surface area contributed by atoms with E-state index in [1.165, 1.54) is 7.11 Å². The Hall–Kier alpha value is -3.79. The van der Waals surface area contributed by atoms with E-state index >= 15 is 0 Å². The van der Waals surface area contributed by atoms with Crippen molar-refractivity contribution in [2.24, 2.45) is 5.41 Å². The van der Waals surface area contributed by atoms with Crippen LogP contribution in [0.4, 0.5) is 18.0 Å². The van der Waals surface area contributed by atoms with Crippen LogP contribution in [-0.2, 0) is 22.1 Å². The lowest BCUT2D eigenvalue weighted by molar-refractivity contribution is -0.137. The Balaban J connectivity index is 1.52. The molecule has 1 aliphatic heterocycles. The van der Waals surface area contributed by atoms with Crippen molar-refractivity contribution >= 4 is 17.7 Å². The molecule has 0 saturated carbocycles. The van der Waals surface area contributed by atoms with E-state index in [0.29, 0.717) is 54.9 Å². The van der Waals surface area contributed by atoms with Gasteiger partial charge in [-0.05, 0) is 73.6 Å². The lowest BCUT2D eigenvalue weighted by atomic mass is 9.70. The van der Waals surface area contributed by atoms with Gasteiger partial charge in [-0.2, -0.15) is 13.2 Å². The van der Waals surface area contributed by atoms with Crippen molar-refractivity contribution in [3.63, 3.8) is 0 Å². The first kappa shape index (κ1) is 32.6. The van der Waals surface area contributed by atoms with Gasteiger partial charge in [0.15, 0.2) is 11.6 Å². The number of aromatic nitrogens is 1. The van der Waals surface area contributed by atoms with Crippen molar-refractivity contribution in [1.29, 1.82) is 0 Å². The standard InChI is InChI=1S/C35H39F3N2O5/c1-21(44-4)31-30(32(42)24-10-12-25(13-11-24)35(36,37)38)28(29-26(39-31)18-34(2,3)19-27(29)41)23-14-16-40(17-15-23)33(43)45-20-22-8-6-5-7-9-22/h6,8-13,21,23H,5,7,14-20H2,1-4H3. The summed E-state index contributed by atoms with van der Waals surface area (Å²) in [5.74, 6) is -0.894. The molecule has 1 saturated heterocycles. The molecule has 0 spiro atoms. The van der Waals surface area contributed by atoms with Crippen molar-refractivity contribution in [3.8, 4) is 0 Å². The highest BCUT2D eigenvalue weighted by Crippen LogP contribution is 2.44. The molecule has 1 unspecified atom stereocenters. The molecule has 1 atom stereocenters. The predicted molar refractivity (Wildman–Crippen MR) is 162 cm³/mol. The highest BCUT2D eigenvalue weighted by molar-refractivity contribution is 6.13. The Bertz CT molecular complexity index is 1530. The fourth-order valence-corrected chi connectivity index (χ4v) is 6.52. The van der Waals surface area contributed by atoms with Crippen LogP contribution in [0.3, 0.4) is 0 Å². The average molecular weight is 625 g/mol. The third-order valence-corrected chi connectivity index (χ3v) is 8.94. The lowest BCUT2D eigenvalue weighted by Gasteiger charge is -2.37. The monoisotopic (exact) mass is 624 g/mol. The molecule has 7 nitrogen and oxygen atoms in total. The maximum Gasteiger partial charge on any atom is 0.416 e. The van der Waals surface area contributed by atoms with Gasteiger partial charge in [0.25, 0.3) is 0 Å². The number of rotatable bonds is 7. The summed E-state index contributed by atoms with van der Waals surface area (Å²) in [5, 5.41) is 0. The Kier molecular flexibility index (Phi) is 9.35. The minimum Gasteiger partial charge on any atom is -0.445 e. The summed E-state index contributed by atoms with van der Waals surface area (Å²) in [6.45, 7) is 6.67. The Morgan fingerprint density at radius 3 is 2.38 bits per heavy atom. The van der Waals surface area contributed by atoms with Crippen LogP contribution in [0.25, 0.3) is 0 Å². The molecule has 5 rings (SSSR count). The zero-order chi connectivity index (χ0) is 32.5. The van der Waals surface area contributed by atoms with Gasteiger partial charge < -0.3 is 14.4 Å². The van der Waals surface area contributed by atoms with E-state index in [1.54, 1.807) is 11.8 Å². The number of nitrogens with zero attached hydrogens (tertiary/aromatic N) is 2. The minimum atomic E-state index is -4.55. The number of benzene rings is 1. The molecular weight excluding hydrogens is 585 g/mol. The van der Waals surface area contributed by atoms with Crippen molar-refractivity contribution < 1.29 is 37.0 Å². The van der Waals surface area contributed by atoms with Crippen LogP contribution in [0.1, 0.15) is 114 Å². The summed E-state index contributed by atoms with van der Waals surface area (Å²) in [6.07, 6.45) is 4.10. The Labute approximate surface area is 261 Å². The molecule has 2 aliphatic carbocycles. The number of ether oxygens (including phenoxy) is 2. The Morgan fingerprint density at radius 1 is 1.09 bits per heavy atom. The third kappa shape index (κ3) is 7.06. The van der Waals surface area contributed by atoms with E-state index in [-0.39, 0.29) is 41.3 Å². The average Bonchev–Trinajstić information content (AvgIpc) is 3.01. The van der Waals surface area contributed by atoms with Crippen molar-refractivity contribution in [2.45, 2.75) is 77.5 Å². The first-order chi connectivity index (χ1) is 21.3. The van der Waals surface area contributed by atoms with Gasteiger partial charge in [0.05, 0.1) is 28.6 Å². The first-order valence-corrected chi connectivity index (χ1v) is 15.4. The molecule has 240 valence electrons. The largest absolute Gasteiger partial charge is 0.445 e. The number of hydrogen-bond donors (Lipinski definition) is 0. The molecule has 0 radical (unpaired) electrons. The number of pyridine rings is 1. The molecule has 10 heteroatoms. The van der Waals surface area contributed by atoms with Crippen LogP contribution in [-0.4, -0.2) is 54.3 Å². The van der Waals surface area contributed by atoms with Crippen LogP contribution in [0.2, 0.25) is 0 Å². The molecule has 1 aromatic carbocycles. The molecule has 2 aromatic rings. The van der Waals surface area contributed by atoms with Crippen LogP contribution in [0, 0.1) is 5.41 Å². The number of carbonyl (C=O) groups excluding carboxylic acids is 3. The summed E-state index contributed by atoms with van der Waals surface area (Å²) in [5.41, 5.74) is 1.97. The fraction of sp³-hybridized carbons (Fsp3) is 0.486. The number of methoxy groups -OCH3 is 1. The number of Topliss-reactive ketones (excluding diaryl/α,β-unsaturated/α-hetero) is 1. The van der Waals surface area contributed by atoms with E-state index in [1.807, 2.05) is 19.9 Å². The molecule has 0 N–H and O–H groups in total. The highest BCUT2D eigenvalue weighted by Gasteiger charge is 2.41. The summed E-state index contributed by atoms with van der Waals surface area (Å²) in [7, 11) is 1.50. The van der Waals surface area contributed by atoms with Gasteiger partial charge in [0.1, 0.15) is 6.61 Å². The van der Waals surface area contributed by atoms with Crippen molar-refractivity contribution in [3.05, 3.63) is 87.3 Å². The molecule has 1 aromatic heterocycles. The van der Waals surface area contributed by atoms with Crippen LogP contribution in [0.5, 0.6) is 0 Å². The third-order valence-electron chi connectivity index (χ3n) is 8.94. The van der Waals surface area contributed by atoms with E-state index in [9.17, 15) is 27.6 Å². The second-order valence-electron chi connectivity index (χ2n) is 12.9.